The van der Waals surface area contributed by atoms with Crippen LogP contribution in [0.1, 0.15) is 6.42 Å². The Bertz CT molecular complexity index is 655. The van der Waals surface area contributed by atoms with E-state index in [9.17, 15) is 22.0 Å². The summed E-state index contributed by atoms with van der Waals surface area (Å²) in [5.41, 5.74) is 5.04. The van der Waals surface area contributed by atoms with Gasteiger partial charge in [-0.1, -0.05) is 0 Å². The standard InChI is InChI=1S/C12H14F2N2O4S/c1-20-12(17)7-2-3-16(6-7)21(18,19)11-9(13)4-8(15)5-10(11)14/h4-5,7H,2-3,6,15H2,1H3. The Morgan fingerprint density at radius 2 is 1.95 bits per heavy atom. The quantitative estimate of drug-likeness (QED) is 0.655. The van der Waals surface area contributed by atoms with Gasteiger partial charge in [-0.2, -0.15) is 4.31 Å². The number of nitrogen functional groups attached to an aromatic ring is 1. The molecule has 0 aliphatic carbocycles. The fourth-order valence-electron chi connectivity index (χ4n) is 2.26. The van der Waals surface area contributed by atoms with E-state index in [-0.39, 0.29) is 25.2 Å². The highest BCUT2D eigenvalue weighted by molar-refractivity contribution is 7.89. The van der Waals surface area contributed by atoms with Crippen LogP contribution in [0.3, 0.4) is 0 Å². The molecule has 1 fully saturated rings. The Morgan fingerprint density at radius 3 is 2.48 bits per heavy atom. The molecule has 1 aliphatic rings. The Labute approximate surface area is 120 Å². The first kappa shape index (κ1) is 15.6. The maximum absolute atomic E-state index is 13.8. The van der Waals surface area contributed by atoms with Crippen LogP contribution in [0.4, 0.5) is 14.5 Å². The molecular formula is C12H14F2N2O4S. The molecule has 2 N–H and O–H groups in total. The van der Waals surface area contributed by atoms with E-state index in [1.807, 2.05) is 0 Å². The van der Waals surface area contributed by atoms with Crippen LogP contribution in [0.15, 0.2) is 17.0 Å². The van der Waals surface area contributed by atoms with Crippen molar-refractivity contribution in [1.29, 1.82) is 0 Å². The first-order valence-electron chi connectivity index (χ1n) is 6.10. The molecule has 0 saturated carbocycles. The first-order valence-corrected chi connectivity index (χ1v) is 7.54. The summed E-state index contributed by atoms with van der Waals surface area (Å²) in [5.74, 6) is -3.70. The van der Waals surface area contributed by atoms with Gasteiger partial charge in [-0.15, -0.1) is 0 Å². The van der Waals surface area contributed by atoms with E-state index in [0.29, 0.717) is 0 Å². The molecule has 1 heterocycles. The van der Waals surface area contributed by atoms with E-state index in [1.165, 1.54) is 7.11 Å². The number of anilines is 1. The van der Waals surface area contributed by atoms with E-state index < -0.39 is 38.4 Å². The lowest BCUT2D eigenvalue weighted by atomic mass is 10.1. The molecule has 1 atom stereocenters. The summed E-state index contributed by atoms with van der Waals surface area (Å²) in [4.78, 5) is 10.3. The van der Waals surface area contributed by atoms with Crippen LogP contribution in [0.2, 0.25) is 0 Å². The predicted octanol–water partition coefficient (Wildman–Crippen LogP) is 0.731. The van der Waals surface area contributed by atoms with E-state index in [2.05, 4.69) is 4.74 Å². The number of hydrogen-bond acceptors (Lipinski definition) is 5. The minimum Gasteiger partial charge on any atom is -0.469 e. The topological polar surface area (TPSA) is 89.7 Å². The zero-order chi connectivity index (χ0) is 15.8. The second kappa shape index (κ2) is 5.57. The molecule has 1 aliphatic heterocycles. The van der Waals surface area contributed by atoms with Gasteiger partial charge < -0.3 is 10.5 Å². The zero-order valence-corrected chi connectivity index (χ0v) is 12.0. The number of ether oxygens (including phenoxy) is 1. The van der Waals surface area contributed by atoms with Crippen molar-refractivity contribution in [2.75, 3.05) is 25.9 Å². The molecule has 1 aromatic carbocycles. The number of sulfonamides is 1. The van der Waals surface area contributed by atoms with Crippen LogP contribution < -0.4 is 5.73 Å². The third-order valence-corrected chi connectivity index (χ3v) is 5.22. The van der Waals surface area contributed by atoms with Crippen LogP contribution in [-0.2, 0) is 19.6 Å². The fraction of sp³-hybridized carbons (Fsp3) is 0.417. The van der Waals surface area contributed by atoms with Crippen LogP contribution in [0.25, 0.3) is 0 Å². The third kappa shape index (κ3) is 2.84. The van der Waals surface area contributed by atoms with Crippen LogP contribution >= 0.6 is 0 Å². The van der Waals surface area contributed by atoms with Gasteiger partial charge in [0.05, 0.1) is 13.0 Å². The third-order valence-electron chi connectivity index (χ3n) is 3.30. The highest BCUT2D eigenvalue weighted by Gasteiger charge is 2.39. The summed E-state index contributed by atoms with van der Waals surface area (Å²) in [5, 5.41) is 0. The Balaban J connectivity index is 2.34. The second-order valence-electron chi connectivity index (χ2n) is 4.69. The van der Waals surface area contributed by atoms with Gasteiger partial charge in [0.25, 0.3) is 0 Å². The van der Waals surface area contributed by atoms with Crippen LogP contribution in [0, 0.1) is 17.6 Å². The lowest BCUT2D eigenvalue weighted by molar-refractivity contribution is -0.144. The van der Waals surface area contributed by atoms with Crippen LogP contribution in [-0.4, -0.2) is 38.9 Å². The van der Waals surface area contributed by atoms with Gasteiger partial charge in [-0.25, -0.2) is 17.2 Å². The van der Waals surface area contributed by atoms with Gasteiger partial charge in [0.1, 0.15) is 11.6 Å². The average Bonchev–Trinajstić information content (AvgIpc) is 2.86. The normalized spacial score (nSPS) is 19.7. The molecular weight excluding hydrogens is 306 g/mol. The number of carbonyl (C=O) groups excluding carboxylic acids is 1. The summed E-state index contributed by atoms with van der Waals surface area (Å²) < 4.78 is 57.5. The molecule has 0 amide bonds. The Hall–Kier alpha value is -1.74. The number of methoxy groups -OCH3 is 1. The molecule has 2 rings (SSSR count). The lowest BCUT2D eigenvalue weighted by Crippen LogP contribution is -2.31. The van der Waals surface area contributed by atoms with Crippen molar-refractivity contribution < 1.29 is 26.7 Å². The van der Waals surface area contributed by atoms with Gasteiger partial charge in [-0.05, 0) is 18.6 Å². The molecule has 0 spiro atoms. The van der Waals surface area contributed by atoms with E-state index in [0.717, 1.165) is 16.4 Å². The highest BCUT2D eigenvalue weighted by Crippen LogP contribution is 2.29. The van der Waals surface area contributed by atoms with Gasteiger partial charge in [0.15, 0.2) is 4.90 Å². The summed E-state index contributed by atoms with van der Waals surface area (Å²) in [6, 6.07) is 1.48. The molecule has 9 heteroatoms. The number of rotatable bonds is 3. The van der Waals surface area contributed by atoms with Gasteiger partial charge in [0.2, 0.25) is 10.0 Å². The number of halogens is 2. The number of nitrogens with zero attached hydrogens (tertiary/aromatic N) is 1. The van der Waals surface area contributed by atoms with Crippen molar-refractivity contribution in [1.82, 2.24) is 4.31 Å². The SMILES string of the molecule is COC(=O)C1CCN(S(=O)(=O)c2c(F)cc(N)cc2F)C1. The van der Waals surface area contributed by atoms with Gasteiger partial charge in [-0.3, -0.25) is 4.79 Å². The van der Waals surface area contributed by atoms with Crippen molar-refractivity contribution in [3.8, 4) is 0 Å². The Morgan fingerprint density at radius 1 is 1.38 bits per heavy atom. The van der Waals surface area contributed by atoms with E-state index in [1.54, 1.807) is 0 Å². The summed E-state index contributed by atoms with van der Waals surface area (Å²) in [6.07, 6.45) is 0.240. The van der Waals surface area contributed by atoms with Crippen molar-refractivity contribution in [2.45, 2.75) is 11.3 Å². The molecule has 0 aromatic heterocycles. The summed E-state index contributed by atoms with van der Waals surface area (Å²) >= 11 is 0. The second-order valence-corrected chi connectivity index (χ2v) is 6.56. The predicted molar refractivity (Wildman–Crippen MR) is 69.7 cm³/mol. The summed E-state index contributed by atoms with van der Waals surface area (Å²) in [7, 11) is -3.18. The van der Waals surface area contributed by atoms with Crippen molar-refractivity contribution in [3.63, 3.8) is 0 Å². The number of esters is 1. The number of benzene rings is 1. The molecule has 0 radical (unpaired) electrons. The largest absolute Gasteiger partial charge is 0.469 e. The number of carbonyl (C=O) groups is 1. The minimum atomic E-state index is -4.37. The number of nitrogens with two attached hydrogens (primary N) is 1. The molecule has 21 heavy (non-hydrogen) atoms. The molecule has 6 nitrogen and oxygen atoms in total. The smallest absolute Gasteiger partial charge is 0.310 e. The van der Waals surface area contributed by atoms with Gasteiger partial charge >= 0.3 is 5.97 Å². The zero-order valence-electron chi connectivity index (χ0n) is 11.2. The molecule has 1 aromatic rings. The van der Waals surface area contributed by atoms with Gasteiger partial charge in [0, 0.05) is 18.8 Å². The molecule has 116 valence electrons. The monoisotopic (exact) mass is 320 g/mol. The van der Waals surface area contributed by atoms with Crippen molar-refractivity contribution in [2.24, 2.45) is 5.92 Å². The highest BCUT2D eigenvalue weighted by atomic mass is 32.2. The maximum atomic E-state index is 13.8. The van der Waals surface area contributed by atoms with Crippen LogP contribution in [0.5, 0.6) is 0 Å². The average molecular weight is 320 g/mol. The van der Waals surface area contributed by atoms with Crippen molar-refractivity contribution >= 4 is 21.7 Å². The molecule has 1 saturated heterocycles. The van der Waals surface area contributed by atoms with E-state index >= 15 is 0 Å². The Kier molecular flexibility index (Phi) is 4.15. The summed E-state index contributed by atoms with van der Waals surface area (Å²) in [6.45, 7) is -0.177. The minimum absolute atomic E-state index is 0.00857. The first-order chi connectivity index (χ1) is 9.77. The maximum Gasteiger partial charge on any atom is 0.310 e. The number of hydrogen-bond donors (Lipinski definition) is 1. The fourth-order valence-corrected chi connectivity index (χ4v) is 3.85. The molecule has 0 bridgehead atoms. The molecule has 1 unspecified atom stereocenters. The van der Waals surface area contributed by atoms with Crippen molar-refractivity contribution in [3.05, 3.63) is 23.8 Å². The van der Waals surface area contributed by atoms with E-state index in [4.69, 9.17) is 5.73 Å². The lowest BCUT2D eigenvalue weighted by Gasteiger charge is -2.17.